The third kappa shape index (κ3) is 5.32. The summed E-state index contributed by atoms with van der Waals surface area (Å²) in [6.07, 6.45) is 3.82. The van der Waals surface area contributed by atoms with Gasteiger partial charge < -0.3 is 24.2 Å². The number of likely N-dealkylation sites (tertiary alicyclic amines) is 1. The summed E-state index contributed by atoms with van der Waals surface area (Å²) in [5, 5.41) is 0.820. The van der Waals surface area contributed by atoms with Crippen LogP contribution in [0, 0.1) is 0 Å². The molecule has 0 N–H and O–H groups in total. The molecule has 1 saturated heterocycles. The lowest BCUT2D eigenvalue weighted by Crippen LogP contribution is -2.34. The van der Waals surface area contributed by atoms with Crippen molar-refractivity contribution < 1.29 is 19.1 Å². The van der Waals surface area contributed by atoms with Crippen molar-refractivity contribution in [2.24, 2.45) is 0 Å². The van der Waals surface area contributed by atoms with Crippen molar-refractivity contribution in [3.05, 3.63) is 40.3 Å². The van der Waals surface area contributed by atoms with E-state index < -0.39 is 0 Å². The molecule has 1 aromatic carbocycles. The number of ether oxygens (including phenoxy) is 2. The van der Waals surface area contributed by atoms with Gasteiger partial charge >= 0.3 is 0 Å². The Bertz CT molecular complexity index is 1200. The van der Waals surface area contributed by atoms with E-state index in [1.165, 1.54) is 11.3 Å². The van der Waals surface area contributed by atoms with E-state index >= 15 is 0 Å². The van der Waals surface area contributed by atoms with Crippen LogP contribution in [0.3, 0.4) is 0 Å². The van der Waals surface area contributed by atoms with Gasteiger partial charge in [-0.15, -0.1) is 11.3 Å². The number of amides is 2. The number of nitrogens with zero attached hydrogens (tertiary/aromatic N) is 5. The van der Waals surface area contributed by atoms with E-state index in [2.05, 4.69) is 4.98 Å². The number of benzene rings is 1. The largest absolute Gasteiger partial charge is 0.496 e. The van der Waals surface area contributed by atoms with Gasteiger partial charge in [0.25, 0.3) is 5.91 Å². The van der Waals surface area contributed by atoms with E-state index in [0.717, 1.165) is 29.7 Å². The Labute approximate surface area is 209 Å². The van der Waals surface area contributed by atoms with Crippen molar-refractivity contribution in [1.29, 1.82) is 0 Å². The minimum absolute atomic E-state index is 0.0809. The summed E-state index contributed by atoms with van der Waals surface area (Å²) >= 11 is 1.32. The van der Waals surface area contributed by atoms with Crippen LogP contribution < -0.4 is 14.4 Å². The highest BCUT2D eigenvalue weighted by atomic mass is 32.1. The highest BCUT2D eigenvalue weighted by Gasteiger charge is 2.24. The molecule has 4 rings (SSSR count). The van der Waals surface area contributed by atoms with Crippen LogP contribution >= 0.6 is 11.3 Å². The van der Waals surface area contributed by atoms with E-state index in [1.807, 2.05) is 47.0 Å². The van der Waals surface area contributed by atoms with Crippen LogP contribution in [0.25, 0.3) is 10.9 Å². The molecule has 0 bridgehead atoms. The van der Waals surface area contributed by atoms with Gasteiger partial charge in [-0.3, -0.25) is 14.6 Å². The molecule has 0 spiro atoms. The van der Waals surface area contributed by atoms with Crippen LogP contribution in [-0.2, 0) is 11.3 Å². The summed E-state index contributed by atoms with van der Waals surface area (Å²) < 4.78 is 11.1. The van der Waals surface area contributed by atoms with Gasteiger partial charge in [-0.2, -0.15) is 0 Å². The average Bonchev–Trinajstić information content (AvgIpc) is 3.54. The van der Waals surface area contributed by atoms with Crippen molar-refractivity contribution in [1.82, 2.24) is 19.8 Å². The van der Waals surface area contributed by atoms with E-state index in [4.69, 9.17) is 14.5 Å². The summed E-state index contributed by atoms with van der Waals surface area (Å²) in [5.41, 5.74) is 3.25. The van der Waals surface area contributed by atoms with Crippen molar-refractivity contribution in [2.75, 3.05) is 52.8 Å². The molecule has 0 saturated carbocycles. The smallest absolute Gasteiger partial charge is 0.265 e. The Kier molecular flexibility index (Phi) is 7.70. The number of fused-ring (bicyclic) bond motifs is 1. The van der Waals surface area contributed by atoms with Crippen LogP contribution in [-0.4, -0.2) is 79.5 Å². The predicted octanol–water partition coefficient (Wildman–Crippen LogP) is 3.43. The fraction of sp³-hybridized carbons (Fsp3) is 0.440. The van der Waals surface area contributed by atoms with Crippen LogP contribution in [0.1, 0.15) is 34.5 Å². The number of thiazole rings is 1. The first-order valence-electron chi connectivity index (χ1n) is 11.6. The second-order valence-electron chi connectivity index (χ2n) is 8.66. The molecular formula is C25H31N5O4S. The van der Waals surface area contributed by atoms with E-state index in [0.29, 0.717) is 54.4 Å². The van der Waals surface area contributed by atoms with Crippen molar-refractivity contribution in [3.8, 4) is 11.5 Å². The molecule has 2 amide bonds. The average molecular weight is 498 g/mol. The van der Waals surface area contributed by atoms with Gasteiger partial charge in [0.1, 0.15) is 27.7 Å². The Hall–Kier alpha value is -3.40. The van der Waals surface area contributed by atoms with Crippen LogP contribution in [0.2, 0.25) is 0 Å². The van der Waals surface area contributed by atoms with Crippen LogP contribution in [0.15, 0.2) is 29.9 Å². The molecule has 3 heterocycles. The molecule has 2 aromatic heterocycles. The molecule has 0 aliphatic carbocycles. The first-order chi connectivity index (χ1) is 16.9. The zero-order chi connectivity index (χ0) is 24.9. The molecule has 10 heteroatoms. The quantitative estimate of drug-likeness (QED) is 0.424. The normalized spacial score (nSPS) is 13.4. The molecule has 9 nitrogen and oxygen atoms in total. The zero-order valence-electron chi connectivity index (χ0n) is 20.6. The third-order valence-corrected chi connectivity index (χ3v) is 6.91. The maximum absolute atomic E-state index is 13.4. The number of carbonyl (C=O) groups excluding carboxylic acids is 2. The lowest BCUT2D eigenvalue weighted by Gasteiger charge is -2.26. The zero-order valence-corrected chi connectivity index (χ0v) is 21.4. The number of rotatable bonds is 10. The Balaban J connectivity index is 1.67. The lowest BCUT2D eigenvalue weighted by molar-refractivity contribution is -0.127. The summed E-state index contributed by atoms with van der Waals surface area (Å²) in [6.45, 7) is 2.32. The topological polar surface area (TPSA) is 88.1 Å². The number of pyridine rings is 1. The molecule has 0 unspecified atom stereocenters. The first-order valence-corrected chi connectivity index (χ1v) is 12.5. The third-order valence-electron chi connectivity index (χ3n) is 6.15. The fourth-order valence-corrected chi connectivity index (χ4v) is 5.00. The van der Waals surface area contributed by atoms with E-state index in [9.17, 15) is 9.59 Å². The maximum atomic E-state index is 13.4. The van der Waals surface area contributed by atoms with Gasteiger partial charge in [0, 0.05) is 57.6 Å². The number of carbonyl (C=O) groups is 2. The number of hydrogen-bond acceptors (Lipinski definition) is 8. The Morgan fingerprint density at radius 3 is 2.60 bits per heavy atom. The fourth-order valence-electron chi connectivity index (χ4n) is 4.42. The molecule has 1 aliphatic rings. The molecule has 0 atom stereocenters. The van der Waals surface area contributed by atoms with Gasteiger partial charge in [-0.25, -0.2) is 4.98 Å². The summed E-state index contributed by atoms with van der Waals surface area (Å²) in [4.78, 5) is 40.6. The number of aromatic nitrogens is 2. The molecule has 0 radical (unpaired) electrons. The Morgan fingerprint density at radius 2 is 1.97 bits per heavy atom. The monoisotopic (exact) mass is 497 g/mol. The van der Waals surface area contributed by atoms with Gasteiger partial charge in [0.05, 0.1) is 25.9 Å². The molecule has 3 aromatic rings. The van der Waals surface area contributed by atoms with Gasteiger partial charge in [0.15, 0.2) is 0 Å². The van der Waals surface area contributed by atoms with Crippen LogP contribution in [0.5, 0.6) is 11.5 Å². The number of anilines is 1. The van der Waals surface area contributed by atoms with Gasteiger partial charge in [-0.1, -0.05) is 0 Å². The first kappa shape index (κ1) is 24.7. The van der Waals surface area contributed by atoms with Gasteiger partial charge in [0.2, 0.25) is 5.91 Å². The lowest BCUT2D eigenvalue weighted by atomic mass is 10.1. The van der Waals surface area contributed by atoms with E-state index in [-0.39, 0.29) is 11.8 Å². The molecular weight excluding hydrogens is 466 g/mol. The van der Waals surface area contributed by atoms with Crippen molar-refractivity contribution in [3.63, 3.8) is 0 Å². The highest BCUT2D eigenvalue weighted by molar-refractivity contribution is 7.11. The van der Waals surface area contributed by atoms with Gasteiger partial charge in [-0.05, 0) is 31.0 Å². The minimum Gasteiger partial charge on any atom is -0.496 e. The minimum atomic E-state index is -0.0809. The maximum Gasteiger partial charge on any atom is 0.265 e. The molecule has 35 heavy (non-hydrogen) atoms. The Morgan fingerprint density at radius 1 is 1.20 bits per heavy atom. The summed E-state index contributed by atoms with van der Waals surface area (Å²) in [6, 6.07) is 5.72. The van der Waals surface area contributed by atoms with Crippen molar-refractivity contribution in [2.45, 2.75) is 25.8 Å². The van der Waals surface area contributed by atoms with Crippen LogP contribution in [0.4, 0.5) is 5.82 Å². The van der Waals surface area contributed by atoms with Crippen molar-refractivity contribution >= 4 is 39.9 Å². The second-order valence-corrected chi connectivity index (χ2v) is 9.55. The summed E-state index contributed by atoms with van der Waals surface area (Å²) in [7, 11) is 7.10. The number of methoxy groups -OCH3 is 2. The standard InChI is InChI=1S/C25H31N5O4S/c1-28(2)24-17(13-18-19(33-3)8-9-20(34-4)23(18)27-24)15-30(25(32)21-14-26-16-35-21)12-6-11-29-10-5-7-22(29)31/h8-9,13-14,16H,5-7,10-12,15H2,1-4H3. The predicted molar refractivity (Wildman–Crippen MR) is 136 cm³/mol. The molecule has 1 fully saturated rings. The second kappa shape index (κ2) is 10.9. The highest BCUT2D eigenvalue weighted by Crippen LogP contribution is 2.35. The molecule has 186 valence electrons. The summed E-state index contributed by atoms with van der Waals surface area (Å²) in [5.74, 6) is 2.21. The molecule has 1 aliphatic heterocycles. The van der Waals surface area contributed by atoms with E-state index in [1.54, 1.807) is 25.9 Å². The number of hydrogen-bond donors (Lipinski definition) is 0. The SMILES string of the molecule is COc1ccc(OC)c2nc(N(C)C)c(CN(CCCN3CCCC3=O)C(=O)c3cncs3)cc12.